The summed E-state index contributed by atoms with van der Waals surface area (Å²) in [4.78, 5) is 13.8. The van der Waals surface area contributed by atoms with Crippen molar-refractivity contribution < 1.29 is 4.79 Å². The minimum Gasteiger partial charge on any atom is -0.336 e. The topological polar surface area (TPSA) is 74.8 Å². The van der Waals surface area contributed by atoms with E-state index in [-0.39, 0.29) is 11.7 Å². The first-order chi connectivity index (χ1) is 7.81. The molecule has 2 rings (SSSR count). The van der Waals surface area contributed by atoms with Gasteiger partial charge in [-0.05, 0) is 30.4 Å². The van der Waals surface area contributed by atoms with E-state index in [4.69, 9.17) is 0 Å². The average molecular weight is 223 g/mol. The molecule has 0 aromatic carbocycles. The molecule has 6 nitrogen and oxygen atoms in total. The van der Waals surface area contributed by atoms with Gasteiger partial charge in [0.05, 0.1) is 0 Å². The molecule has 1 N–H and O–H groups in total. The number of carbonyl (C=O) groups excluding carboxylic acids is 1. The summed E-state index contributed by atoms with van der Waals surface area (Å²) in [6, 6.07) is 0. The highest BCUT2D eigenvalue weighted by Crippen LogP contribution is 2.20. The fourth-order valence-electron chi connectivity index (χ4n) is 2.17. The summed E-state index contributed by atoms with van der Waals surface area (Å²) in [5.74, 6) is 0.823. The molecule has 0 radical (unpaired) electrons. The van der Waals surface area contributed by atoms with Gasteiger partial charge in [-0.25, -0.2) is 0 Å². The second-order valence-electron chi connectivity index (χ2n) is 4.23. The van der Waals surface area contributed by atoms with Crippen LogP contribution in [0, 0.1) is 5.92 Å². The fourth-order valence-corrected chi connectivity index (χ4v) is 2.17. The van der Waals surface area contributed by atoms with Crippen molar-refractivity contribution in [2.45, 2.75) is 32.6 Å². The third-order valence-electron chi connectivity index (χ3n) is 3.25. The number of hydrogen-bond donors (Lipinski definition) is 1. The predicted molar refractivity (Wildman–Crippen MR) is 57.7 cm³/mol. The van der Waals surface area contributed by atoms with Crippen LogP contribution in [-0.2, 0) is 0 Å². The van der Waals surface area contributed by atoms with Gasteiger partial charge in [-0.3, -0.25) is 4.79 Å². The van der Waals surface area contributed by atoms with Gasteiger partial charge in [-0.2, -0.15) is 5.21 Å². The molecule has 1 aliphatic rings. The highest BCUT2D eigenvalue weighted by molar-refractivity contribution is 5.90. The average Bonchev–Trinajstić information content (AvgIpc) is 2.73. The van der Waals surface area contributed by atoms with E-state index in [1.165, 1.54) is 12.8 Å². The van der Waals surface area contributed by atoms with E-state index < -0.39 is 0 Å². The van der Waals surface area contributed by atoms with Crippen LogP contribution in [-0.4, -0.2) is 44.5 Å². The number of H-pyrrole nitrogens is 1. The van der Waals surface area contributed by atoms with Crippen molar-refractivity contribution in [3.05, 3.63) is 5.82 Å². The van der Waals surface area contributed by atoms with Gasteiger partial charge in [-0.15, -0.1) is 10.2 Å². The molecule has 0 bridgehead atoms. The Morgan fingerprint density at radius 2 is 2.38 bits per heavy atom. The van der Waals surface area contributed by atoms with Crippen molar-refractivity contribution >= 4 is 5.91 Å². The van der Waals surface area contributed by atoms with E-state index in [9.17, 15) is 4.79 Å². The van der Waals surface area contributed by atoms with E-state index in [2.05, 4.69) is 27.5 Å². The molecule has 1 atom stereocenters. The Labute approximate surface area is 94.4 Å². The van der Waals surface area contributed by atoms with E-state index in [0.29, 0.717) is 0 Å². The van der Waals surface area contributed by atoms with E-state index >= 15 is 0 Å². The van der Waals surface area contributed by atoms with Crippen LogP contribution in [0.15, 0.2) is 0 Å². The normalized spacial score (nSPS) is 21.8. The Hall–Kier alpha value is -1.46. The van der Waals surface area contributed by atoms with Crippen molar-refractivity contribution in [1.29, 1.82) is 0 Å². The fraction of sp³-hybridized carbons (Fsp3) is 0.800. The van der Waals surface area contributed by atoms with Gasteiger partial charge < -0.3 is 4.90 Å². The molecule has 0 aliphatic carbocycles. The number of likely N-dealkylation sites (tertiary alicyclic amines) is 1. The highest BCUT2D eigenvalue weighted by atomic mass is 16.2. The summed E-state index contributed by atoms with van der Waals surface area (Å²) in [7, 11) is 0. The Morgan fingerprint density at radius 1 is 1.50 bits per heavy atom. The molecule has 16 heavy (non-hydrogen) atoms. The summed E-state index contributed by atoms with van der Waals surface area (Å²) in [6.45, 7) is 3.83. The van der Waals surface area contributed by atoms with Crippen LogP contribution in [0.2, 0.25) is 0 Å². The molecular formula is C10H17N5O. The number of rotatable bonds is 2. The zero-order valence-electron chi connectivity index (χ0n) is 9.52. The van der Waals surface area contributed by atoms with Gasteiger partial charge in [-0.1, -0.05) is 13.3 Å². The lowest BCUT2D eigenvalue weighted by atomic mass is 9.98. The summed E-state index contributed by atoms with van der Waals surface area (Å²) in [5.41, 5.74) is 0. The van der Waals surface area contributed by atoms with Gasteiger partial charge >= 0.3 is 0 Å². The maximum Gasteiger partial charge on any atom is 0.295 e. The van der Waals surface area contributed by atoms with E-state index in [0.717, 1.165) is 31.8 Å². The number of carbonyl (C=O) groups is 1. The minimum absolute atomic E-state index is 0.106. The Morgan fingerprint density at radius 3 is 3.06 bits per heavy atom. The van der Waals surface area contributed by atoms with Gasteiger partial charge in [0, 0.05) is 13.1 Å². The van der Waals surface area contributed by atoms with Crippen molar-refractivity contribution in [3.63, 3.8) is 0 Å². The Bertz CT molecular complexity index is 337. The summed E-state index contributed by atoms with van der Waals surface area (Å²) < 4.78 is 0. The summed E-state index contributed by atoms with van der Waals surface area (Å²) >= 11 is 0. The van der Waals surface area contributed by atoms with Crippen molar-refractivity contribution in [3.8, 4) is 0 Å². The maximum absolute atomic E-state index is 11.9. The van der Waals surface area contributed by atoms with Gasteiger partial charge in [0.25, 0.3) is 11.7 Å². The van der Waals surface area contributed by atoms with Gasteiger partial charge in [0.15, 0.2) is 0 Å². The largest absolute Gasteiger partial charge is 0.336 e. The number of nitrogens with zero attached hydrogens (tertiary/aromatic N) is 4. The molecule has 1 saturated heterocycles. The summed E-state index contributed by atoms with van der Waals surface area (Å²) in [5, 5.41) is 13.2. The van der Waals surface area contributed by atoms with Gasteiger partial charge in [0.2, 0.25) is 0 Å². The van der Waals surface area contributed by atoms with Crippen molar-refractivity contribution in [2.75, 3.05) is 13.1 Å². The minimum atomic E-state index is -0.106. The second-order valence-corrected chi connectivity index (χ2v) is 4.23. The maximum atomic E-state index is 11.9. The lowest BCUT2D eigenvalue weighted by Gasteiger charge is -2.18. The first kappa shape index (κ1) is 11.0. The molecule has 1 unspecified atom stereocenters. The van der Waals surface area contributed by atoms with Crippen molar-refractivity contribution in [2.24, 2.45) is 5.92 Å². The molecule has 88 valence electrons. The molecule has 0 spiro atoms. The van der Waals surface area contributed by atoms with E-state index in [1.54, 1.807) is 0 Å². The van der Waals surface area contributed by atoms with Gasteiger partial charge in [0.1, 0.15) is 0 Å². The molecule has 1 amide bonds. The smallest absolute Gasteiger partial charge is 0.295 e. The quantitative estimate of drug-likeness (QED) is 0.806. The van der Waals surface area contributed by atoms with Crippen LogP contribution in [0.1, 0.15) is 43.2 Å². The highest BCUT2D eigenvalue weighted by Gasteiger charge is 2.23. The van der Waals surface area contributed by atoms with Crippen molar-refractivity contribution in [1.82, 2.24) is 25.5 Å². The SMILES string of the molecule is CCC1CCCN(C(=O)c2nn[nH]n2)CC1. The molecule has 6 heteroatoms. The lowest BCUT2D eigenvalue weighted by Crippen LogP contribution is -2.32. The van der Waals surface area contributed by atoms with Crippen LogP contribution in [0.25, 0.3) is 0 Å². The first-order valence-corrected chi connectivity index (χ1v) is 5.84. The number of aromatic nitrogens is 4. The molecule has 1 aliphatic heterocycles. The Kier molecular flexibility index (Phi) is 3.48. The third kappa shape index (κ3) is 2.37. The lowest BCUT2D eigenvalue weighted by molar-refractivity contribution is 0.0747. The van der Waals surface area contributed by atoms with Crippen LogP contribution >= 0.6 is 0 Å². The monoisotopic (exact) mass is 223 g/mol. The zero-order valence-corrected chi connectivity index (χ0v) is 9.52. The molecule has 1 aromatic rings. The zero-order chi connectivity index (χ0) is 11.4. The summed E-state index contributed by atoms with van der Waals surface area (Å²) in [6.07, 6.45) is 4.57. The number of nitrogens with one attached hydrogen (secondary N) is 1. The van der Waals surface area contributed by atoms with E-state index in [1.807, 2.05) is 4.90 Å². The number of hydrogen-bond acceptors (Lipinski definition) is 4. The molecule has 1 aromatic heterocycles. The van der Waals surface area contributed by atoms with Crippen LogP contribution in [0.4, 0.5) is 0 Å². The van der Waals surface area contributed by atoms with Crippen LogP contribution in [0.3, 0.4) is 0 Å². The second kappa shape index (κ2) is 5.05. The standard InChI is InChI=1S/C10H17N5O/c1-2-8-4-3-6-15(7-5-8)10(16)9-11-13-14-12-9/h8H,2-7H2,1H3,(H,11,12,13,14). The molecule has 1 fully saturated rings. The number of aromatic amines is 1. The predicted octanol–water partition coefficient (Wildman–Crippen LogP) is 0.852. The number of tetrazole rings is 1. The molecule has 2 heterocycles. The first-order valence-electron chi connectivity index (χ1n) is 5.84. The third-order valence-corrected chi connectivity index (χ3v) is 3.25. The van der Waals surface area contributed by atoms with Crippen LogP contribution < -0.4 is 0 Å². The molecule has 0 saturated carbocycles. The number of amides is 1. The Balaban J connectivity index is 1.97. The van der Waals surface area contributed by atoms with Crippen LogP contribution in [0.5, 0.6) is 0 Å². The molecular weight excluding hydrogens is 206 g/mol.